The Morgan fingerprint density at radius 1 is 1.41 bits per heavy atom. The molecule has 2 rings (SSSR count). The SMILES string of the molecule is CCNC(=NCC(CC)CC)N1CCC(c2cnn(C)c2)C1. The van der Waals surface area contributed by atoms with Crippen LogP contribution in [-0.2, 0) is 7.05 Å². The minimum Gasteiger partial charge on any atom is -0.357 e. The average Bonchev–Trinajstić information content (AvgIpc) is 3.16. The first kappa shape index (κ1) is 16.8. The summed E-state index contributed by atoms with van der Waals surface area (Å²) < 4.78 is 1.89. The van der Waals surface area contributed by atoms with Crippen LogP contribution in [0.4, 0.5) is 0 Å². The van der Waals surface area contributed by atoms with Gasteiger partial charge in [0.1, 0.15) is 0 Å². The van der Waals surface area contributed by atoms with Gasteiger partial charge in [-0.15, -0.1) is 0 Å². The number of likely N-dealkylation sites (tertiary alicyclic amines) is 1. The lowest BCUT2D eigenvalue weighted by Gasteiger charge is -2.22. The van der Waals surface area contributed by atoms with Crippen molar-refractivity contribution in [3.8, 4) is 0 Å². The Morgan fingerprint density at radius 2 is 2.18 bits per heavy atom. The Balaban J connectivity index is 1.99. The maximum absolute atomic E-state index is 4.88. The number of nitrogens with one attached hydrogen (secondary N) is 1. The van der Waals surface area contributed by atoms with Gasteiger partial charge >= 0.3 is 0 Å². The van der Waals surface area contributed by atoms with Crippen molar-refractivity contribution in [2.45, 2.75) is 46.0 Å². The lowest BCUT2D eigenvalue weighted by atomic mass is 10.0. The van der Waals surface area contributed by atoms with Crippen LogP contribution in [-0.4, -0.2) is 46.8 Å². The van der Waals surface area contributed by atoms with Crippen LogP contribution in [0.15, 0.2) is 17.4 Å². The van der Waals surface area contributed by atoms with Gasteiger partial charge in [0.15, 0.2) is 5.96 Å². The van der Waals surface area contributed by atoms with Crippen molar-refractivity contribution in [2.24, 2.45) is 18.0 Å². The summed E-state index contributed by atoms with van der Waals surface area (Å²) >= 11 is 0. The van der Waals surface area contributed by atoms with E-state index in [0.29, 0.717) is 11.8 Å². The fraction of sp³-hybridized carbons (Fsp3) is 0.765. The Kier molecular flexibility index (Phi) is 6.28. The maximum atomic E-state index is 4.88. The Hall–Kier alpha value is -1.52. The fourth-order valence-electron chi connectivity index (χ4n) is 3.06. The van der Waals surface area contributed by atoms with Gasteiger partial charge in [-0.2, -0.15) is 5.10 Å². The summed E-state index contributed by atoms with van der Waals surface area (Å²) in [7, 11) is 1.98. The van der Waals surface area contributed by atoms with Gasteiger partial charge < -0.3 is 10.2 Å². The first-order valence-electron chi connectivity index (χ1n) is 8.69. The van der Waals surface area contributed by atoms with Gasteiger partial charge in [0, 0.05) is 45.3 Å². The molecule has 0 saturated carbocycles. The molecule has 1 unspecified atom stereocenters. The predicted octanol–water partition coefficient (Wildman–Crippen LogP) is 2.61. The number of hydrogen-bond acceptors (Lipinski definition) is 2. The van der Waals surface area contributed by atoms with Crippen LogP contribution in [0.2, 0.25) is 0 Å². The van der Waals surface area contributed by atoms with E-state index in [1.165, 1.54) is 24.8 Å². The van der Waals surface area contributed by atoms with E-state index < -0.39 is 0 Å². The van der Waals surface area contributed by atoms with Gasteiger partial charge in [0.25, 0.3) is 0 Å². The normalized spacial score (nSPS) is 19.2. The molecule has 1 atom stereocenters. The van der Waals surface area contributed by atoms with E-state index in [9.17, 15) is 0 Å². The number of aromatic nitrogens is 2. The smallest absolute Gasteiger partial charge is 0.193 e. The zero-order valence-corrected chi connectivity index (χ0v) is 14.5. The predicted molar refractivity (Wildman–Crippen MR) is 92.2 cm³/mol. The molecule has 1 fully saturated rings. The van der Waals surface area contributed by atoms with E-state index in [1.807, 2.05) is 17.9 Å². The minimum absolute atomic E-state index is 0.575. The van der Waals surface area contributed by atoms with Crippen LogP contribution in [0.3, 0.4) is 0 Å². The van der Waals surface area contributed by atoms with E-state index >= 15 is 0 Å². The van der Waals surface area contributed by atoms with Gasteiger partial charge in [-0.1, -0.05) is 26.7 Å². The molecule has 1 aromatic heterocycles. The molecule has 1 aliphatic rings. The van der Waals surface area contributed by atoms with Gasteiger partial charge in [0.2, 0.25) is 0 Å². The average molecular weight is 305 g/mol. The van der Waals surface area contributed by atoms with Crippen molar-refractivity contribution in [3.63, 3.8) is 0 Å². The molecule has 1 aliphatic heterocycles. The second-order valence-electron chi connectivity index (χ2n) is 6.26. The second kappa shape index (κ2) is 8.20. The van der Waals surface area contributed by atoms with Crippen LogP contribution in [0.25, 0.3) is 0 Å². The summed E-state index contributed by atoms with van der Waals surface area (Å²) in [5, 5.41) is 7.76. The van der Waals surface area contributed by atoms with E-state index in [4.69, 9.17) is 4.99 Å². The second-order valence-corrected chi connectivity index (χ2v) is 6.26. The number of hydrogen-bond donors (Lipinski definition) is 1. The lowest BCUT2D eigenvalue weighted by Crippen LogP contribution is -2.40. The monoisotopic (exact) mass is 305 g/mol. The van der Waals surface area contributed by atoms with Crippen molar-refractivity contribution in [3.05, 3.63) is 18.0 Å². The Morgan fingerprint density at radius 3 is 2.77 bits per heavy atom. The number of aliphatic imine (C=N–C) groups is 1. The van der Waals surface area contributed by atoms with E-state index in [2.05, 4.69) is 42.3 Å². The standard InChI is InChI=1S/C17H31N5/c1-5-14(6-2)10-19-17(18-7-3)22-9-8-15(13-22)16-11-20-21(4)12-16/h11-12,14-15H,5-10,13H2,1-4H3,(H,18,19). The summed E-state index contributed by atoms with van der Waals surface area (Å²) in [5.74, 6) is 2.36. The summed E-state index contributed by atoms with van der Waals surface area (Å²) in [5.41, 5.74) is 1.35. The fourth-order valence-corrected chi connectivity index (χ4v) is 3.06. The molecule has 0 amide bonds. The highest BCUT2D eigenvalue weighted by atomic mass is 15.3. The lowest BCUT2D eigenvalue weighted by molar-refractivity contribution is 0.468. The minimum atomic E-state index is 0.575. The van der Waals surface area contributed by atoms with Crippen molar-refractivity contribution in [1.82, 2.24) is 20.0 Å². The first-order valence-corrected chi connectivity index (χ1v) is 8.69. The summed E-state index contributed by atoms with van der Waals surface area (Å²) in [4.78, 5) is 7.29. The van der Waals surface area contributed by atoms with Crippen LogP contribution < -0.4 is 5.32 Å². The first-order chi connectivity index (χ1) is 10.7. The number of aryl methyl sites for hydroxylation is 1. The molecular formula is C17H31N5. The number of guanidine groups is 1. The summed E-state index contributed by atoms with van der Waals surface area (Å²) in [6, 6.07) is 0. The van der Waals surface area contributed by atoms with E-state index in [0.717, 1.165) is 32.1 Å². The molecule has 1 saturated heterocycles. The van der Waals surface area contributed by atoms with Crippen LogP contribution in [0.5, 0.6) is 0 Å². The van der Waals surface area contributed by atoms with Crippen molar-refractivity contribution < 1.29 is 0 Å². The Bertz CT molecular complexity index is 475. The van der Waals surface area contributed by atoms with Crippen molar-refractivity contribution in [2.75, 3.05) is 26.2 Å². The third kappa shape index (κ3) is 4.24. The largest absolute Gasteiger partial charge is 0.357 e. The molecule has 22 heavy (non-hydrogen) atoms. The zero-order chi connectivity index (χ0) is 15.9. The molecule has 1 aromatic rings. The third-order valence-electron chi connectivity index (χ3n) is 4.67. The third-order valence-corrected chi connectivity index (χ3v) is 4.67. The van der Waals surface area contributed by atoms with E-state index in [1.54, 1.807) is 0 Å². The zero-order valence-electron chi connectivity index (χ0n) is 14.5. The molecule has 0 bridgehead atoms. The molecule has 0 aliphatic carbocycles. The quantitative estimate of drug-likeness (QED) is 0.649. The van der Waals surface area contributed by atoms with Crippen LogP contribution in [0, 0.1) is 5.92 Å². The molecule has 2 heterocycles. The summed E-state index contributed by atoms with van der Waals surface area (Å²) in [6.45, 7) is 10.6. The molecule has 5 nitrogen and oxygen atoms in total. The van der Waals surface area contributed by atoms with Gasteiger partial charge in [-0.25, -0.2) is 0 Å². The maximum Gasteiger partial charge on any atom is 0.193 e. The van der Waals surface area contributed by atoms with Gasteiger partial charge in [-0.05, 0) is 24.8 Å². The Labute approximate surface area is 134 Å². The van der Waals surface area contributed by atoms with Gasteiger partial charge in [0.05, 0.1) is 6.20 Å². The highest BCUT2D eigenvalue weighted by Gasteiger charge is 2.26. The van der Waals surface area contributed by atoms with Crippen LogP contribution >= 0.6 is 0 Å². The highest BCUT2D eigenvalue weighted by molar-refractivity contribution is 5.80. The molecule has 5 heteroatoms. The van der Waals surface area contributed by atoms with Crippen LogP contribution in [0.1, 0.15) is 51.5 Å². The molecular weight excluding hydrogens is 274 g/mol. The molecule has 0 spiro atoms. The molecule has 124 valence electrons. The van der Waals surface area contributed by atoms with Gasteiger partial charge in [-0.3, -0.25) is 9.67 Å². The summed E-state index contributed by atoms with van der Waals surface area (Å²) in [6.07, 6.45) is 7.74. The molecule has 0 radical (unpaired) electrons. The number of nitrogens with zero attached hydrogens (tertiary/aromatic N) is 4. The number of rotatable bonds is 6. The topological polar surface area (TPSA) is 45.5 Å². The van der Waals surface area contributed by atoms with Crippen molar-refractivity contribution >= 4 is 5.96 Å². The highest BCUT2D eigenvalue weighted by Crippen LogP contribution is 2.26. The molecule has 0 aromatic carbocycles. The van der Waals surface area contributed by atoms with E-state index in [-0.39, 0.29) is 0 Å². The van der Waals surface area contributed by atoms with Crippen molar-refractivity contribution in [1.29, 1.82) is 0 Å². The molecule has 1 N–H and O–H groups in total.